The summed E-state index contributed by atoms with van der Waals surface area (Å²) in [5.41, 5.74) is 24.3. The Kier molecular flexibility index (Phi) is 9.84. The van der Waals surface area contributed by atoms with E-state index in [4.69, 9.17) is 15.0 Å². The highest BCUT2D eigenvalue weighted by molar-refractivity contribution is 6.16. The minimum Gasteiger partial charge on any atom is -0.254 e. The van der Waals surface area contributed by atoms with Crippen LogP contribution in [0, 0.1) is 20.8 Å². The van der Waals surface area contributed by atoms with Gasteiger partial charge >= 0.3 is 0 Å². The van der Waals surface area contributed by atoms with Gasteiger partial charge in [0.2, 0.25) is 0 Å². The number of fused-ring (bicyclic) bond motifs is 26. The van der Waals surface area contributed by atoms with Crippen LogP contribution < -0.4 is 0 Å². The van der Waals surface area contributed by atoms with Crippen LogP contribution in [0.15, 0.2) is 212 Å². The quantitative estimate of drug-likeness (QED) is 0.142. The van der Waals surface area contributed by atoms with Gasteiger partial charge in [0, 0.05) is 69.3 Å². The van der Waals surface area contributed by atoms with Gasteiger partial charge < -0.3 is 0 Å². The molecule has 4 aromatic heterocycles. The average Bonchev–Trinajstić information content (AvgIpc) is 4.37. The number of nitrogens with zero attached hydrogens (tertiary/aromatic N) is 4. The van der Waals surface area contributed by atoms with Crippen molar-refractivity contribution in [3.63, 3.8) is 0 Å². The topological polar surface area (TPSA) is 51.6 Å². The van der Waals surface area contributed by atoms with Crippen LogP contribution in [-0.2, 0) is 19.3 Å². The van der Waals surface area contributed by atoms with E-state index in [1.807, 2.05) is 12.3 Å². The first-order chi connectivity index (χ1) is 38.4. The van der Waals surface area contributed by atoms with Crippen LogP contribution in [0.5, 0.6) is 0 Å². The van der Waals surface area contributed by atoms with Crippen molar-refractivity contribution < 1.29 is 0 Å². The predicted octanol–water partition coefficient (Wildman–Crippen LogP) is 18.7. The number of aromatic nitrogens is 4. The molecule has 15 aromatic rings. The van der Waals surface area contributed by atoms with Crippen LogP contribution in [-0.4, -0.2) is 19.9 Å². The maximum absolute atomic E-state index is 5.09. The van der Waals surface area contributed by atoms with Crippen LogP contribution in [0.3, 0.4) is 0 Å². The molecule has 3 aliphatic carbocycles. The van der Waals surface area contributed by atoms with Crippen molar-refractivity contribution in [3.05, 3.63) is 263 Å². The second-order valence-electron chi connectivity index (χ2n) is 21.5. The van der Waals surface area contributed by atoms with E-state index in [-0.39, 0.29) is 0 Å². The third kappa shape index (κ3) is 6.66. The Morgan fingerprint density at radius 1 is 0.295 bits per heavy atom. The van der Waals surface area contributed by atoms with Gasteiger partial charge in [-0.15, -0.1) is 0 Å². The average molecular weight is 995 g/mol. The third-order valence-electron chi connectivity index (χ3n) is 17.4. The zero-order chi connectivity index (χ0) is 51.8. The van der Waals surface area contributed by atoms with Crippen molar-refractivity contribution in [2.24, 2.45) is 0 Å². The zero-order valence-electron chi connectivity index (χ0n) is 43.6. The first-order valence-electron chi connectivity index (χ1n) is 27.3. The molecule has 4 heterocycles. The van der Waals surface area contributed by atoms with Gasteiger partial charge in [0.25, 0.3) is 0 Å². The van der Waals surface area contributed by atoms with Gasteiger partial charge in [0.1, 0.15) is 0 Å². The number of pyridine rings is 4. The summed E-state index contributed by atoms with van der Waals surface area (Å²) in [6, 6.07) is 74.2. The summed E-state index contributed by atoms with van der Waals surface area (Å²) in [5.74, 6) is 0. The monoisotopic (exact) mass is 994 g/mol. The summed E-state index contributed by atoms with van der Waals surface area (Å²) in [5, 5.41) is 18.0. The van der Waals surface area contributed by atoms with Crippen molar-refractivity contribution >= 4 is 97.5 Å². The molecule has 0 saturated heterocycles. The summed E-state index contributed by atoms with van der Waals surface area (Å²) in [7, 11) is 0. The second kappa shape index (κ2) is 17.2. The van der Waals surface area contributed by atoms with Gasteiger partial charge in [0.05, 0.1) is 27.8 Å². The Balaban J connectivity index is 0.0000000978. The van der Waals surface area contributed by atoms with Gasteiger partial charge in [0.15, 0.2) is 0 Å². The Hall–Kier alpha value is -9.64. The molecule has 0 fully saturated rings. The summed E-state index contributed by atoms with van der Waals surface area (Å²) >= 11 is 0. The van der Waals surface area contributed by atoms with Gasteiger partial charge in [-0.1, -0.05) is 194 Å². The van der Waals surface area contributed by atoms with E-state index in [2.05, 4.69) is 226 Å². The number of aryl methyl sites for hydroxylation is 3. The lowest BCUT2D eigenvalue weighted by Crippen LogP contribution is -1.95. The Bertz CT molecular complexity index is 4890. The van der Waals surface area contributed by atoms with E-state index in [1.54, 1.807) is 0 Å². The first-order valence-corrected chi connectivity index (χ1v) is 27.3. The SMILES string of the molecule is Cc1c2c(nc3ccccc13)-c1c(ccc3c1ccc1ccccc13)C2.Cc1nc2c(ccc3ccccc32)c2c1Cc1c-2ccc2ccccc12.Cc1nc2c(ccc3cccnc32)c2c1Cc1c-2ccc2ccccc12. The third-order valence-corrected chi connectivity index (χ3v) is 17.4. The number of benzene rings is 11. The molecule has 0 radical (unpaired) electrons. The number of hydrogen-bond donors (Lipinski definition) is 0. The van der Waals surface area contributed by atoms with E-state index < -0.39 is 0 Å². The van der Waals surface area contributed by atoms with Crippen molar-refractivity contribution in [3.8, 4) is 33.5 Å². The smallest absolute Gasteiger partial charge is 0.0974 e. The maximum Gasteiger partial charge on any atom is 0.0974 e. The molecular weight excluding hydrogens is 945 g/mol. The summed E-state index contributed by atoms with van der Waals surface area (Å²) < 4.78 is 0. The minimum atomic E-state index is 0.959. The molecule has 18 rings (SSSR count). The highest BCUT2D eigenvalue weighted by Crippen LogP contribution is 2.48. The zero-order valence-corrected chi connectivity index (χ0v) is 43.6. The molecule has 0 spiro atoms. The standard InChI is InChI=1S/2C25H17N.C24H16N2/c1-15-22-14-23-18-8-4-2-6-16(18)10-12-20(23)24(22)21-13-11-17-7-3-5-9-19(17)25(21)26-15;1-15-18-7-4-5-9-23(18)26-25-22(15)14-17-11-12-20-19-8-3-2-6-16(19)10-13-21(20)24(17)25;1-14-20-13-21-17-7-3-2-5-15(17)8-10-18(21)22(20)19-11-9-16-6-4-12-25-23(16)24(19)26-14/h2*2-13H,14H2,1H3;2-12H,13H2,1H3. The summed E-state index contributed by atoms with van der Waals surface area (Å²) in [6.45, 7) is 6.54. The molecule has 0 aliphatic heterocycles. The molecule has 78 heavy (non-hydrogen) atoms. The Morgan fingerprint density at radius 3 is 1.45 bits per heavy atom. The van der Waals surface area contributed by atoms with E-state index in [9.17, 15) is 0 Å². The number of rotatable bonds is 0. The molecule has 3 aliphatic rings. The van der Waals surface area contributed by atoms with Crippen LogP contribution >= 0.6 is 0 Å². The van der Waals surface area contributed by atoms with Gasteiger partial charge in [-0.2, -0.15) is 0 Å². The molecule has 0 amide bonds. The predicted molar refractivity (Wildman–Crippen MR) is 327 cm³/mol. The molecule has 366 valence electrons. The molecule has 4 heteroatoms. The van der Waals surface area contributed by atoms with Crippen LogP contribution in [0.25, 0.3) is 131 Å². The van der Waals surface area contributed by atoms with Crippen LogP contribution in [0.1, 0.15) is 50.3 Å². The molecule has 4 nitrogen and oxygen atoms in total. The molecular formula is C74H50N4. The fourth-order valence-electron chi connectivity index (χ4n) is 13.7. The first kappa shape index (κ1) is 44.6. The Morgan fingerprint density at radius 2 is 0.782 bits per heavy atom. The molecule has 0 atom stereocenters. The molecule has 0 unspecified atom stereocenters. The van der Waals surface area contributed by atoms with E-state index in [0.29, 0.717) is 0 Å². The lowest BCUT2D eigenvalue weighted by molar-refractivity contribution is 1.15. The lowest BCUT2D eigenvalue weighted by Gasteiger charge is -2.11. The van der Waals surface area contributed by atoms with Gasteiger partial charge in [-0.05, 0) is 143 Å². The fraction of sp³-hybridized carbons (Fsp3) is 0.0811. The second-order valence-corrected chi connectivity index (χ2v) is 21.5. The summed E-state index contributed by atoms with van der Waals surface area (Å²) in [4.78, 5) is 19.7. The lowest BCUT2D eigenvalue weighted by atomic mass is 9.95. The van der Waals surface area contributed by atoms with Crippen molar-refractivity contribution in [2.75, 3.05) is 0 Å². The van der Waals surface area contributed by atoms with Gasteiger partial charge in [-0.25, -0.2) is 4.98 Å². The largest absolute Gasteiger partial charge is 0.254 e. The highest BCUT2D eigenvalue weighted by atomic mass is 14.8. The van der Waals surface area contributed by atoms with E-state index >= 15 is 0 Å². The Labute approximate surface area is 451 Å². The minimum absolute atomic E-state index is 0.959. The van der Waals surface area contributed by atoms with Crippen molar-refractivity contribution in [1.29, 1.82) is 0 Å². The van der Waals surface area contributed by atoms with Crippen LogP contribution in [0.4, 0.5) is 0 Å². The van der Waals surface area contributed by atoms with Crippen molar-refractivity contribution in [1.82, 2.24) is 19.9 Å². The molecule has 0 bridgehead atoms. The molecule has 0 saturated carbocycles. The van der Waals surface area contributed by atoms with E-state index in [0.717, 1.165) is 58.1 Å². The van der Waals surface area contributed by atoms with Crippen LogP contribution in [0.2, 0.25) is 0 Å². The van der Waals surface area contributed by atoms with Gasteiger partial charge in [-0.3, -0.25) is 15.0 Å². The number of hydrogen-bond acceptors (Lipinski definition) is 4. The van der Waals surface area contributed by atoms with Crippen molar-refractivity contribution in [2.45, 2.75) is 40.0 Å². The highest BCUT2D eigenvalue weighted by Gasteiger charge is 2.29. The maximum atomic E-state index is 5.09. The molecule has 11 aromatic carbocycles. The summed E-state index contributed by atoms with van der Waals surface area (Å²) in [6.07, 6.45) is 4.78. The molecule has 0 N–H and O–H groups in total. The fourth-order valence-corrected chi connectivity index (χ4v) is 13.7. The normalized spacial score (nSPS) is 12.7. The van der Waals surface area contributed by atoms with E-state index in [1.165, 1.54) is 142 Å². The number of para-hydroxylation sites is 1.